The lowest BCUT2D eigenvalue weighted by atomic mass is 9.52. The molecule has 158 valence electrons. The number of nitrogens with zero attached hydrogens (tertiary/aromatic N) is 2. The van der Waals surface area contributed by atoms with Gasteiger partial charge in [-0.1, -0.05) is 24.3 Å². The molecule has 0 saturated heterocycles. The lowest BCUT2D eigenvalue weighted by Crippen LogP contribution is -2.62. The Kier molecular flexibility index (Phi) is 5.94. The number of carbonyl (C=O) groups excluding carboxylic acids is 2. The molecule has 30 heavy (non-hydrogen) atoms. The van der Waals surface area contributed by atoms with Crippen molar-refractivity contribution < 1.29 is 14.3 Å². The molecule has 0 heterocycles. The first-order chi connectivity index (χ1) is 14.5. The van der Waals surface area contributed by atoms with Crippen LogP contribution >= 0.6 is 0 Å². The average Bonchev–Trinajstić information content (AvgIpc) is 2.71. The molecule has 0 radical (unpaired) electrons. The normalized spacial score (nSPS) is 29.0. The fourth-order valence-electron chi connectivity index (χ4n) is 6.37. The molecule has 1 aromatic carbocycles. The van der Waals surface area contributed by atoms with Crippen LogP contribution in [0.5, 0.6) is 0 Å². The van der Waals surface area contributed by atoms with Crippen molar-refractivity contribution >= 4 is 18.0 Å². The molecule has 5 nitrogen and oxygen atoms in total. The molecule has 0 aromatic heterocycles. The first kappa shape index (κ1) is 20.7. The maximum atomic E-state index is 13.1. The Morgan fingerprint density at radius 1 is 1.17 bits per heavy atom. The molecule has 4 aliphatic carbocycles. The highest BCUT2D eigenvalue weighted by molar-refractivity contribution is 5.89. The highest BCUT2D eigenvalue weighted by Gasteiger charge is 2.54. The summed E-state index contributed by atoms with van der Waals surface area (Å²) in [4.78, 5) is 27.2. The van der Waals surface area contributed by atoms with Crippen LogP contribution in [0, 0.1) is 36.0 Å². The number of hydrogen-bond acceptors (Lipinski definition) is 4. The summed E-state index contributed by atoms with van der Waals surface area (Å²) in [5.41, 5.74) is 1.89. The Hall–Kier alpha value is -2.61. The van der Waals surface area contributed by atoms with Gasteiger partial charge in [0.05, 0.1) is 12.5 Å². The van der Waals surface area contributed by atoms with Gasteiger partial charge in [-0.25, -0.2) is 4.79 Å². The molecular formula is C25H30N2O3. The van der Waals surface area contributed by atoms with Crippen molar-refractivity contribution in [3.05, 3.63) is 41.5 Å². The van der Waals surface area contributed by atoms with E-state index in [2.05, 4.69) is 6.07 Å². The number of nitriles is 1. The third-order valence-corrected chi connectivity index (χ3v) is 7.25. The van der Waals surface area contributed by atoms with Crippen molar-refractivity contribution in [3.8, 4) is 6.07 Å². The zero-order valence-corrected chi connectivity index (χ0v) is 17.7. The number of benzene rings is 1. The smallest absolute Gasteiger partial charge is 0.331 e. The van der Waals surface area contributed by atoms with E-state index in [0.29, 0.717) is 30.7 Å². The van der Waals surface area contributed by atoms with Gasteiger partial charge in [0.15, 0.2) is 6.61 Å². The van der Waals surface area contributed by atoms with Crippen LogP contribution in [-0.2, 0) is 14.3 Å². The molecule has 0 aliphatic heterocycles. The fourth-order valence-corrected chi connectivity index (χ4v) is 6.37. The van der Waals surface area contributed by atoms with E-state index < -0.39 is 5.97 Å². The largest absolute Gasteiger partial charge is 0.452 e. The molecule has 0 N–H and O–H groups in total. The van der Waals surface area contributed by atoms with Gasteiger partial charge < -0.3 is 9.64 Å². The summed E-state index contributed by atoms with van der Waals surface area (Å²) in [5, 5.41) is 9.11. The summed E-state index contributed by atoms with van der Waals surface area (Å²) >= 11 is 0. The minimum Gasteiger partial charge on any atom is -0.452 e. The second-order valence-corrected chi connectivity index (χ2v) is 9.39. The van der Waals surface area contributed by atoms with E-state index in [9.17, 15) is 9.59 Å². The summed E-state index contributed by atoms with van der Waals surface area (Å²) < 4.78 is 5.29. The topological polar surface area (TPSA) is 70.4 Å². The zero-order valence-electron chi connectivity index (χ0n) is 17.7. The van der Waals surface area contributed by atoms with Crippen LogP contribution in [0.4, 0.5) is 0 Å². The van der Waals surface area contributed by atoms with Crippen LogP contribution in [0.15, 0.2) is 30.3 Å². The summed E-state index contributed by atoms with van der Waals surface area (Å²) in [6, 6.07) is 9.96. The fraction of sp³-hybridized carbons (Fsp3) is 0.560. The third kappa shape index (κ3) is 4.28. The predicted molar refractivity (Wildman–Crippen MR) is 114 cm³/mol. The lowest BCUT2D eigenvalue weighted by Gasteiger charge is -2.60. The summed E-state index contributed by atoms with van der Waals surface area (Å²) in [5.74, 6) is 1.43. The Bertz CT molecular complexity index is 847. The number of esters is 1. The number of ether oxygens (including phenoxy) is 1. The van der Waals surface area contributed by atoms with E-state index in [1.165, 1.54) is 25.3 Å². The van der Waals surface area contributed by atoms with Crippen LogP contribution in [0.25, 0.3) is 6.08 Å². The highest BCUT2D eigenvalue weighted by atomic mass is 16.5. The van der Waals surface area contributed by atoms with Gasteiger partial charge in [-0.15, -0.1) is 0 Å². The van der Waals surface area contributed by atoms with Gasteiger partial charge in [0.25, 0.3) is 5.91 Å². The molecule has 5 rings (SSSR count). The first-order valence-electron chi connectivity index (χ1n) is 11.1. The SMILES string of the molecule is Cc1ccccc1/C=C/C(=O)OCC(=O)N(CCC#N)C12CC3CC(CC(C3)C1)C2. The molecule has 4 aliphatic rings. The van der Waals surface area contributed by atoms with Crippen LogP contribution in [-0.4, -0.2) is 35.5 Å². The molecule has 1 aromatic rings. The molecule has 0 atom stereocenters. The van der Waals surface area contributed by atoms with Crippen LogP contribution in [0.3, 0.4) is 0 Å². The summed E-state index contributed by atoms with van der Waals surface area (Å²) in [7, 11) is 0. The van der Waals surface area contributed by atoms with E-state index in [1.54, 1.807) is 6.08 Å². The van der Waals surface area contributed by atoms with Crippen molar-refractivity contribution in [2.24, 2.45) is 17.8 Å². The maximum absolute atomic E-state index is 13.1. The Labute approximate surface area is 178 Å². The van der Waals surface area contributed by atoms with Gasteiger partial charge in [0.2, 0.25) is 0 Å². The van der Waals surface area contributed by atoms with Gasteiger partial charge in [-0.2, -0.15) is 5.26 Å². The minimum atomic E-state index is -0.516. The number of hydrogen-bond donors (Lipinski definition) is 0. The van der Waals surface area contributed by atoms with Crippen LogP contribution in [0.2, 0.25) is 0 Å². The van der Waals surface area contributed by atoms with Crippen molar-refractivity contribution in [1.82, 2.24) is 4.90 Å². The molecule has 1 amide bonds. The van der Waals surface area contributed by atoms with Gasteiger partial charge in [-0.05, 0) is 80.4 Å². The van der Waals surface area contributed by atoms with E-state index in [0.717, 1.165) is 30.4 Å². The van der Waals surface area contributed by atoms with Gasteiger partial charge in [0.1, 0.15) is 0 Å². The molecule has 0 spiro atoms. The second-order valence-electron chi connectivity index (χ2n) is 9.39. The quantitative estimate of drug-likeness (QED) is 0.501. The average molecular weight is 407 g/mol. The standard InChI is InChI=1S/C25H30N2O3/c1-18-5-2-3-6-22(18)7-8-24(29)30-17-23(28)27(10-4-9-26)25-14-19-11-20(15-25)13-21(12-19)16-25/h2-3,5-8,19-21H,4,10-17H2,1H3/b8-7+. The van der Waals surface area contributed by atoms with Crippen molar-refractivity contribution in [2.75, 3.05) is 13.2 Å². The molecule has 0 unspecified atom stereocenters. The highest BCUT2D eigenvalue weighted by Crippen LogP contribution is 2.57. The number of aryl methyl sites for hydroxylation is 1. The number of rotatable bonds is 7. The predicted octanol–water partition coefficient (Wildman–Crippen LogP) is 4.26. The number of amides is 1. The molecule has 5 heteroatoms. The first-order valence-corrected chi connectivity index (χ1v) is 11.1. The second kappa shape index (κ2) is 8.63. The van der Waals surface area contributed by atoms with E-state index in [-0.39, 0.29) is 18.1 Å². The Morgan fingerprint density at radius 2 is 1.80 bits per heavy atom. The van der Waals surface area contributed by atoms with E-state index >= 15 is 0 Å². The zero-order chi connectivity index (χ0) is 21.1. The molecule has 4 saturated carbocycles. The lowest BCUT2D eigenvalue weighted by molar-refractivity contribution is -0.160. The minimum absolute atomic E-state index is 0.133. The van der Waals surface area contributed by atoms with Crippen LogP contribution in [0.1, 0.15) is 56.1 Å². The van der Waals surface area contributed by atoms with Gasteiger partial charge in [0, 0.05) is 18.2 Å². The summed E-state index contributed by atoms with van der Waals surface area (Å²) in [6.07, 6.45) is 10.4. The Morgan fingerprint density at radius 3 is 2.40 bits per heavy atom. The molecule has 4 fully saturated rings. The number of carbonyl (C=O) groups is 2. The third-order valence-electron chi connectivity index (χ3n) is 7.25. The van der Waals surface area contributed by atoms with Gasteiger partial charge >= 0.3 is 5.97 Å². The van der Waals surface area contributed by atoms with Crippen molar-refractivity contribution in [3.63, 3.8) is 0 Å². The van der Waals surface area contributed by atoms with E-state index in [4.69, 9.17) is 10.00 Å². The molecule has 4 bridgehead atoms. The van der Waals surface area contributed by atoms with Crippen LogP contribution < -0.4 is 0 Å². The van der Waals surface area contributed by atoms with Crippen molar-refractivity contribution in [1.29, 1.82) is 5.26 Å². The summed E-state index contributed by atoms with van der Waals surface area (Å²) in [6.45, 7) is 2.15. The van der Waals surface area contributed by atoms with Crippen molar-refractivity contribution in [2.45, 2.75) is 57.4 Å². The monoisotopic (exact) mass is 406 g/mol. The van der Waals surface area contributed by atoms with Gasteiger partial charge in [-0.3, -0.25) is 4.79 Å². The maximum Gasteiger partial charge on any atom is 0.331 e. The van der Waals surface area contributed by atoms with E-state index in [1.807, 2.05) is 36.1 Å². The Balaban J connectivity index is 1.40. The molecular weight excluding hydrogens is 376 g/mol.